The smallest absolute Gasteiger partial charge is 0.462 e. The Hall–Kier alpha value is -2.22. The summed E-state index contributed by atoms with van der Waals surface area (Å²) < 4.78 is 53.4. The van der Waals surface area contributed by atoms with Crippen LogP contribution < -0.4 is 0 Å². The predicted octanol–water partition coefficient (Wildman–Crippen LogP) is 10.5. The first-order chi connectivity index (χ1) is 29.2. The van der Waals surface area contributed by atoms with Crippen molar-refractivity contribution in [2.24, 2.45) is 5.92 Å². The molecule has 0 aromatic rings. The van der Waals surface area contributed by atoms with Gasteiger partial charge in [-0.2, -0.15) is 0 Å². The molecule has 6 atom stereocenters. The lowest BCUT2D eigenvalue weighted by Gasteiger charge is -2.20. The van der Waals surface area contributed by atoms with Crippen LogP contribution in [0.4, 0.5) is 0 Å². The Bertz CT molecular complexity index is 1390. The van der Waals surface area contributed by atoms with Gasteiger partial charge in [-0.15, -0.1) is 0 Å². The first-order valence-corrected chi connectivity index (χ1v) is 25.5. The van der Waals surface area contributed by atoms with E-state index in [1.54, 1.807) is 0 Å². The van der Waals surface area contributed by atoms with Crippen LogP contribution in [0.5, 0.6) is 0 Å². The van der Waals surface area contributed by atoms with E-state index in [4.69, 9.17) is 28.5 Å². The molecule has 352 valence electrons. The van der Waals surface area contributed by atoms with Crippen LogP contribution in [0.25, 0.3) is 0 Å². The second-order valence-electron chi connectivity index (χ2n) is 15.6. The predicted molar refractivity (Wildman–Crippen MR) is 238 cm³/mol. The summed E-state index contributed by atoms with van der Waals surface area (Å²) in [6.07, 6.45) is 38.4. The highest BCUT2D eigenvalue weighted by Crippen LogP contribution is 2.44. The van der Waals surface area contributed by atoms with Crippen LogP contribution in [0.15, 0.2) is 60.8 Å². The second-order valence-corrected chi connectivity index (χ2v) is 18.3. The molecule has 1 rings (SSSR count). The van der Waals surface area contributed by atoms with Crippen molar-refractivity contribution in [3.05, 3.63) is 60.8 Å². The van der Waals surface area contributed by atoms with Gasteiger partial charge in [0.05, 0.1) is 32.0 Å². The molecular formula is C45H78O14P2. The van der Waals surface area contributed by atoms with E-state index in [0.29, 0.717) is 31.5 Å². The summed E-state index contributed by atoms with van der Waals surface area (Å²) in [5.74, 6) is -0.322. The standard InChI is InChI=1S/C45H78O14P2/c1-4-6-25-31-42-43(59-42)32-27-22-18-14-9-7-8-10-15-19-23-28-33-44(47)54-37-41(38-57-61(52,53)56-36-40(46)35-55-60(49,50)51)58-45(48)34-29-24-20-16-12-11-13-17-21-26-30-39(3)5-2/h6,8-10,14,19,22-23,25,27,39-43,46H,4-5,7,11-13,15-18,20-21,24,26,28-38H2,1-3H3,(H,52,53)(H2,49,50,51)/b10-8-,14-9-,23-19-,25-6-,27-22-/t39?,40-,41+,42?,43?/m0/s1. The Morgan fingerprint density at radius 1 is 0.623 bits per heavy atom. The maximum Gasteiger partial charge on any atom is 0.472 e. The van der Waals surface area contributed by atoms with E-state index in [1.165, 1.54) is 44.9 Å². The van der Waals surface area contributed by atoms with Crippen molar-refractivity contribution < 1.29 is 66.3 Å². The highest BCUT2D eigenvalue weighted by molar-refractivity contribution is 7.47. The highest BCUT2D eigenvalue weighted by Gasteiger charge is 2.36. The van der Waals surface area contributed by atoms with Gasteiger partial charge < -0.3 is 34.0 Å². The Labute approximate surface area is 366 Å². The third-order valence-electron chi connectivity index (χ3n) is 9.87. The number of ether oxygens (including phenoxy) is 3. The van der Waals surface area contributed by atoms with Gasteiger partial charge in [0.25, 0.3) is 0 Å². The minimum atomic E-state index is -4.87. The van der Waals surface area contributed by atoms with Crippen LogP contribution in [-0.4, -0.2) is 82.6 Å². The van der Waals surface area contributed by atoms with E-state index < -0.39 is 66.2 Å². The topological polar surface area (TPSA) is 208 Å². The van der Waals surface area contributed by atoms with E-state index in [2.05, 4.69) is 72.4 Å². The van der Waals surface area contributed by atoms with Gasteiger partial charge in [0, 0.05) is 12.8 Å². The number of hydrogen-bond donors (Lipinski definition) is 4. The van der Waals surface area contributed by atoms with Crippen LogP contribution in [-0.2, 0) is 46.5 Å². The molecule has 0 aromatic carbocycles. The zero-order chi connectivity index (χ0) is 45.0. The van der Waals surface area contributed by atoms with Crippen molar-refractivity contribution >= 4 is 27.6 Å². The molecule has 0 bridgehead atoms. The summed E-state index contributed by atoms with van der Waals surface area (Å²) in [6.45, 7) is 3.88. The molecule has 0 aromatic heterocycles. The van der Waals surface area contributed by atoms with E-state index >= 15 is 0 Å². The van der Waals surface area contributed by atoms with Gasteiger partial charge in [-0.25, -0.2) is 9.13 Å². The van der Waals surface area contributed by atoms with Crippen LogP contribution in [0.1, 0.15) is 156 Å². The molecule has 61 heavy (non-hydrogen) atoms. The number of carbonyl (C=O) groups excluding carboxylic acids is 2. The van der Waals surface area contributed by atoms with E-state index in [0.717, 1.165) is 63.7 Å². The number of rotatable bonds is 40. The molecule has 16 heteroatoms. The lowest BCUT2D eigenvalue weighted by Crippen LogP contribution is -2.29. The number of aliphatic hydroxyl groups excluding tert-OH is 1. The molecule has 1 heterocycles. The summed E-state index contributed by atoms with van der Waals surface area (Å²) in [6, 6.07) is 0. The summed E-state index contributed by atoms with van der Waals surface area (Å²) in [5.41, 5.74) is 0. The maximum atomic E-state index is 12.7. The molecule has 14 nitrogen and oxygen atoms in total. The number of epoxide rings is 1. The SMILES string of the molecule is CC/C=C\CC1OC1C/C=C\C/C=C\C/C=C\C/C=C\CCC(=O)OC[C@H](COP(=O)(O)OC[C@@H](O)COP(=O)(O)O)OC(=O)CCCCCCCCCCCCC(C)CC. The number of phosphoric ester groups is 2. The fourth-order valence-corrected chi connectivity index (χ4v) is 7.13. The van der Waals surface area contributed by atoms with Crippen molar-refractivity contribution in [3.8, 4) is 0 Å². The zero-order valence-corrected chi connectivity index (χ0v) is 38.9. The average molecular weight is 905 g/mol. The normalized spacial score (nSPS) is 18.4. The van der Waals surface area contributed by atoms with Crippen molar-refractivity contribution in [3.63, 3.8) is 0 Å². The molecule has 0 saturated carbocycles. The maximum absolute atomic E-state index is 12.7. The van der Waals surface area contributed by atoms with Crippen LogP contribution in [0.3, 0.4) is 0 Å². The van der Waals surface area contributed by atoms with Crippen molar-refractivity contribution in [2.45, 2.75) is 180 Å². The van der Waals surface area contributed by atoms with Gasteiger partial charge in [-0.1, -0.05) is 152 Å². The van der Waals surface area contributed by atoms with Crippen molar-refractivity contribution in [1.82, 2.24) is 0 Å². The summed E-state index contributed by atoms with van der Waals surface area (Å²) in [4.78, 5) is 52.7. The molecule has 0 spiro atoms. The lowest BCUT2D eigenvalue weighted by molar-refractivity contribution is -0.161. The molecule has 1 fully saturated rings. The minimum absolute atomic E-state index is 0.0653. The third kappa shape index (κ3) is 36.9. The number of phosphoric acid groups is 2. The minimum Gasteiger partial charge on any atom is -0.462 e. The fourth-order valence-electron chi connectivity index (χ4n) is 5.98. The molecule has 0 amide bonds. The fraction of sp³-hybridized carbons (Fsp3) is 0.733. The third-order valence-corrected chi connectivity index (χ3v) is 11.3. The first kappa shape index (κ1) is 56.8. The summed E-state index contributed by atoms with van der Waals surface area (Å²) >= 11 is 0. The van der Waals surface area contributed by atoms with Crippen molar-refractivity contribution in [1.29, 1.82) is 0 Å². The van der Waals surface area contributed by atoms with Gasteiger partial charge >= 0.3 is 27.6 Å². The Balaban J connectivity index is 2.39. The van der Waals surface area contributed by atoms with E-state index in [-0.39, 0.29) is 12.8 Å². The molecule has 0 radical (unpaired) electrons. The van der Waals surface area contributed by atoms with Crippen LogP contribution >= 0.6 is 15.6 Å². The first-order valence-electron chi connectivity index (χ1n) is 22.5. The molecule has 0 aliphatic carbocycles. The number of allylic oxidation sites excluding steroid dienone is 8. The second kappa shape index (κ2) is 36.2. The average Bonchev–Trinajstić information content (AvgIpc) is 3.98. The van der Waals surface area contributed by atoms with Gasteiger partial charge in [0.1, 0.15) is 12.7 Å². The summed E-state index contributed by atoms with van der Waals surface area (Å²) in [7, 11) is -9.70. The van der Waals surface area contributed by atoms with Crippen LogP contribution in [0, 0.1) is 5.92 Å². The molecule has 1 saturated heterocycles. The molecule has 1 aliphatic rings. The summed E-state index contributed by atoms with van der Waals surface area (Å²) in [5, 5.41) is 9.75. The molecule has 4 N–H and O–H groups in total. The lowest BCUT2D eigenvalue weighted by atomic mass is 9.99. The molecular weight excluding hydrogens is 826 g/mol. The van der Waals surface area contributed by atoms with Gasteiger partial charge in [-0.05, 0) is 57.3 Å². The van der Waals surface area contributed by atoms with Gasteiger partial charge in [-0.3, -0.25) is 23.2 Å². The number of aliphatic hydroxyl groups is 1. The number of hydrogen-bond acceptors (Lipinski definition) is 11. The van der Waals surface area contributed by atoms with E-state index in [1.807, 2.05) is 18.2 Å². The zero-order valence-electron chi connectivity index (χ0n) is 37.1. The quantitative estimate of drug-likeness (QED) is 0.0148. The van der Waals surface area contributed by atoms with Crippen molar-refractivity contribution in [2.75, 3.05) is 26.4 Å². The Kier molecular flexibility index (Phi) is 33.7. The number of carbonyl (C=O) groups is 2. The largest absolute Gasteiger partial charge is 0.472 e. The van der Waals surface area contributed by atoms with Crippen LogP contribution in [0.2, 0.25) is 0 Å². The Morgan fingerprint density at radius 3 is 1.70 bits per heavy atom. The highest BCUT2D eigenvalue weighted by atomic mass is 31.2. The monoisotopic (exact) mass is 904 g/mol. The number of unbranched alkanes of at least 4 members (excludes halogenated alkanes) is 9. The molecule has 4 unspecified atom stereocenters. The Morgan fingerprint density at radius 2 is 1.13 bits per heavy atom. The number of esters is 2. The van der Waals surface area contributed by atoms with Gasteiger partial charge in [0.2, 0.25) is 0 Å². The van der Waals surface area contributed by atoms with E-state index in [9.17, 15) is 28.7 Å². The van der Waals surface area contributed by atoms with Gasteiger partial charge in [0.15, 0.2) is 6.10 Å². The molecule has 1 aliphatic heterocycles.